The van der Waals surface area contributed by atoms with Crippen LogP contribution in [0.5, 0.6) is 0 Å². The second-order valence-corrected chi connectivity index (χ2v) is 3.96. The Kier molecular flexibility index (Phi) is 2.89. The van der Waals surface area contributed by atoms with Gasteiger partial charge in [0.1, 0.15) is 10.8 Å². The van der Waals surface area contributed by atoms with Crippen LogP contribution in [0.2, 0.25) is 5.02 Å². The summed E-state index contributed by atoms with van der Waals surface area (Å²) in [7, 11) is 0. The third-order valence-corrected chi connectivity index (χ3v) is 2.98. The van der Waals surface area contributed by atoms with Crippen molar-refractivity contribution in [3.63, 3.8) is 0 Å². The van der Waals surface area contributed by atoms with E-state index in [0.29, 0.717) is 13.0 Å². The molecule has 0 amide bonds. The summed E-state index contributed by atoms with van der Waals surface area (Å²) < 4.78 is 39.7. The number of halogens is 4. The maximum absolute atomic E-state index is 13.4. The lowest BCUT2D eigenvalue weighted by Gasteiger charge is -2.11. The smallest absolute Gasteiger partial charge is 0.180 e. The zero-order valence-corrected chi connectivity index (χ0v) is 8.54. The van der Waals surface area contributed by atoms with Crippen molar-refractivity contribution < 1.29 is 13.2 Å². The van der Waals surface area contributed by atoms with Crippen molar-refractivity contribution in [2.75, 3.05) is 13.1 Å². The van der Waals surface area contributed by atoms with Gasteiger partial charge in [0.2, 0.25) is 0 Å². The third-order valence-electron chi connectivity index (χ3n) is 2.63. The van der Waals surface area contributed by atoms with Gasteiger partial charge in [-0.2, -0.15) is 0 Å². The first kappa shape index (κ1) is 10.8. The average molecular weight is 236 g/mol. The standard InChI is InChI=1S/C10H9ClF3N/c11-8-7(12)3-6(9(13)10(8)14)5-1-2-15-4-5/h3,5,15H,1-2,4H2. The van der Waals surface area contributed by atoms with Crippen molar-refractivity contribution in [2.45, 2.75) is 12.3 Å². The minimum Gasteiger partial charge on any atom is -0.316 e. The zero-order valence-electron chi connectivity index (χ0n) is 7.79. The van der Waals surface area contributed by atoms with Crippen LogP contribution in [-0.4, -0.2) is 13.1 Å². The highest BCUT2D eigenvalue weighted by atomic mass is 35.5. The molecule has 1 aromatic carbocycles. The maximum atomic E-state index is 13.4. The average Bonchev–Trinajstić information content (AvgIpc) is 2.73. The molecule has 0 bridgehead atoms. The fourth-order valence-corrected chi connectivity index (χ4v) is 1.95. The molecule has 1 unspecified atom stereocenters. The topological polar surface area (TPSA) is 12.0 Å². The third kappa shape index (κ3) is 1.84. The van der Waals surface area contributed by atoms with E-state index in [9.17, 15) is 13.2 Å². The molecule has 5 heteroatoms. The van der Waals surface area contributed by atoms with E-state index in [1.165, 1.54) is 0 Å². The molecular formula is C10H9ClF3N. The van der Waals surface area contributed by atoms with Crippen molar-refractivity contribution in [3.05, 3.63) is 34.1 Å². The summed E-state index contributed by atoms with van der Waals surface area (Å²) in [6, 6.07) is 0.985. The van der Waals surface area contributed by atoms with Crippen LogP contribution in [-0.2, 0) is 0 Å². The van der Waals surface area contributed by atoms with Crippen LogP contribution in [0.15, 0.2) is 6.07 Å². The molecule has 1 aliphatic rings. The summed E-state index contributed by atoms with van der Waals surface area (Å²) in [6.45, 7) is 1.27. The molecule has 0 spiro atoms. The molecule has 0 radical (unpaired) electrons. The minimum atomic E-state index is -1.29. The first-order valence-corrected chi connectivity index (χ1v) is 5.02. The molecule has 15 heavy (non-hydrogen) atoms. The highest BCUT2D eigenvalue weighted by Gasteiger charge is 2.25. The SMILES string of the molecule is Fc1cc(C2CCNC2)c(F)c(F)c1Cl. The fraction of sp³-hybridized carbons (Fsp3) is 0.400. The summed E-state index contributed by atoms with van der Waals surface area (Å²) >= 11 is 5.26. The first-order chi connectivity index (χ1) is 7.11. The van der Waals surface area contributed by atoms with Gasteiger partial charge in [0.15, 0.2) is 11.6 Å². The largest absolute Gasteiger partial charge is 0.316 e. The van der Waals surface area contributed by atoms with Crippen LogP contribution >= 0.6 is 11.6 Å². The van der Waals surface area contributed by atoms with E-state index in [1.54, 1.807) is 0 Å². The lowest BCUT2D eigenvalue weighted by molar-refractivity contribution is 0.477. The molecule has 1 fully saturated rings. The number of rotatable bonds is 1. The number of hydrogen-bond acceptors (Lipinski definition) is 1. The Morgan fingerprint density at radius 2 is 2.00 bits per heavy atom. The molecule has 1 heterocycles. The van der Waals surface area contributed by atoms with Crippen molar-refractivity contribution in [2.24, 2.45) is 0 Å². The second kappa shape index (κ2) is 4.02. The molecule has 1 saturated heterocycles. The lowest BCUT2D eigenvalue weighted by Crippen LogP contribution is -2.10. The van der Waals surface area contributed by atoms with E-state index in [2.05, 4.69) is 5.32 Å². The highest BCUT2D eigenvalue weighted by molar-refractivity contribution is 6.30. The summed E-state index contributed by atoms with van der Waals surface area (Å²) in [5.41, 5.74) is 0.0689. The molecular weight excluding hydrogens is 227 g/mol. The quantitative estimate of drug-likeness (QED) is 0.583. The number of nitrogens with one attached hydrogen (secondary N) is 1. The Morgan fingerprint density at radius 3 is 2.60 bits per heavy atom. The Labute approximate surface area is 90.2 Å². The normalized spacial score (nSPS) is 20.9. The van der Waals surface area contributed by atoms with E-state index in [0.717, 1.165) is 12.6 Å². The summed E-state index contributed by atoms with van der Waals surface area (Å²) in [4.78, 5) is 0. The van der Waals surface area contributed by atoms with Gasteiger partial charge in [-0.3, -0.25) is 0 Å². The van der Waals surface area contributed by atoms with Crippen molar-refractivity contribution >= 4 is 11.6 Å². The monoisotopic (exact) mass is 235 g/mol. The van der Waals surface area contributed by atoms with Gasteiger partial charge >= 0.3 is 0 Å². The van der Waals surface area contributed by atoms with Crippen LogP contribution in [0.3, 0.4) is 0 Å². The Hall–Kier alpha value is -0.740. The lowest BCUT2D eigenvalue weighted by atomic mass is 9.97. The van der Waals surface area contributed by atoms with Gasteiger partial charge in [-0.15, -0.1) is 0 Å². The molecule has 1 atom stereocenters. The fourth-order valence-electron chi connectivity index (χ4n) is 1.81. The van der Waals surface area contributed by atoms with E-state index in [-0.39, 0.29) is 11.5 Å². The van der Waals surface area contributed by atoms with E-state index in [4.69, 9.17) is 11.6 Å². The first-order valence-electron chi connectivity index (χ1n) is 4.65. The van der Waals surface area contributed by atoms with Crippen molar-refractivity contribution in [1.29, 1.82) is 0 Å². The molecule has 0 aromatic heterocycles. The van der Waals surface area contributed by atoms with E-state index in [1.807, 2.05) is 0 Å². The summed E-state index contributed by atoms with van der Waals surface area (Å²) in [6.07, 6.45) is 0.678. The van der Waals surface area contributed by atoms with Crippen LogP contribution in [0.25, 0.3) is 0 Å². The van der Waals surface area contributed by atoms with Gasteiger partial charge in [0, 0.05) is 12.5 Å². The highest BCUT2D eigenvalue weighted by Crippen LogP contribution is 2.31. The molecule has 0 saturated carbocycles. The van der Waals surface area contributed by atoms with E-state index >= 15 is 0 Å². The molecule has 1 N–H and O–H groups in total. The molecule has 1 aromatic rings. The van der Waals surface area contributed by atoms with Crippen LogP contribution in [0.1, 0.15) is 17.9 Å². The van der Waals surface area contributed by atoms with Crippen LogP contribution in [0.4, 0.5) is 13.2 Å². The summed E-state index contributed by atoms with van der Waals surface area (Å²) in [5, 5.41) is 2.23. The van der Waals surface area contributed by atoms with Gasteiger partial charge in [-0.05, 0) is 24.6 Å². The molecule has 82 valence electrons. The number of hydrogen-bond donors (Lipinski definition) is 1. The van der Waals surface area contributed by atoms with Gasteiger partial charge in [0.05, 0.1) is 0 Å². The molecule has 0 aliphatic carbocycles. The summed E-state index contributed by atoms with van der Waals surface area (Å²) in [5.74, 6) is -3.41. The Balaban J connectivity index is 2.47. The predicted molar refractivity (Wildman–Crippen MR) is 51.6 cm³/mol. The van der Waals surface area contributed by atoms with Gasteiger partial charge in [-0.25, -0.2) is 13.2 Å². The maximum Gasteiger partial charge on any atom is 0.180 e. The van der Waals surface area contributed by atoms with Crippen molar-refractivity contribution in [3.8, 4) is 0 Å². The molecule has 1 nitrogen and oxygen atoms in total. The van der Waals surface area contributed by atoms with Crippen LogP contribution in [0, 0.1) is 17.5 Å². The Morgan fingerprint density at radius 1 is 1.27 bits per heavy atom. The van der Waals surface area contributed by atoms with E-state index < -0.39 is 22.5 Å². The van der Waals surface area contributed by atoms with Gasteiger partial charge < -0.3 is 5.32 Å². The van der Waals surface area contributed by atoms with Gasteiger partial charge in [-0.1, -0.05) is 11.6 Å². The molecule has 2 rings (SSSR count). The minimum absolute atomic E-state index is 0.0689. The second-order valence-electron chi connectivity index (χ2n) is 3.58. The number of benzene rings is 1. The molecule has 1 aliphatic heterocycles. The van der Waals surface area contributed by atoms with Crippen LogP contribution < -0.4 is 5.32 Å². The van der Waals surface area contributed by atoms with Crippen molar-refractivity contribution in [1.82, 2.24) is 5.32 Å². The predicted octanol–water partition coefficient (Wildman–Crippen LogP) is 2.83. The zero-order chi connectivity index (χ0) is 11.0. The Bertz CT molecular complexity index is 389. The van der Waals surface area contributed by atoms with Gasteiger partial charge in [0.25, 0.3) is 0 Å².